The minimum Gasteiger partial charge on any atom is -0.431 e. The van der Waals surface area contributed by atoms with Gasteiger partial charge in [0.25, 0.3) is 0 Å². The van der Waals surface area contributed by atoms with Crippen LogP contribution in [0.25, 0.3) is 0 Å². The highest BCUT2D eigenvalue weighted by Gasteiger charge is 2.28. The molecule has 0 saturated heterocycles. The van der Waals surface area contributed by atoms with Crippen molar-refractivity contribution in [3.63, 3.8) is 0 Å². The molecule has 0 fully saturated rings. The molecule has 22 heavy (non-hydrogen) atoms. The van der Waals surface area contributed by atoms with Gasteiger partial charge in [-0.25, -0.2) is 0 Å². The lowest BCUT2D eigenvalue weighted by Crippen LogP contribution is -2.14. The van der Waals surface area contributed by atoms with Crippen molar-refractivity contribution in [1.82, 2.24) is 0 Å². The lowest BCUT2D eigenvalue weighted by Gasteiger charge is -2.11. The highest BCUT2D eigenvalue weighted by Crippen LogP contribution is 2.30. The van der Waals surface area contributed by atoms with E-state index < -0.39 is 37.5 Å². The van der Waals surface area contributed by atoms with E-state index in [4.69, 9.17) is 0 Å². The average molecular weight is 335 g/mol. The molecule has 0 spiro atoms. The number of alkyl halides is 7. The molecule has 0 unspecified atom stereocenters. The molecule has 0 aliphatic rings. The molecule has 0 aliphatic carbocycles. The van der Waals surface area contributed by atoms with E-state index in [0.29, 0.717) is 0 Å². The number of hydrogen-bond acceptors (Lipinski definition) is 4. The molecule has 0 saturated carbocycles. The molecule has 0 radical (unpaired) electrons. The summed E-state index contributed by atoms with van der Waals surface area (Å²) in [7, 11) is 0. The molecule has 0 amide bonds. The highest BCUT2D eigenvalue weighted by molar-refractivity contribution is 5.80. The van der Waals surface area contributed by atoms with Crippen molar-refractivity contribution in [3.05, 3.63) is 23.8 Å². The Hall–Kier alpha value is -2.20. The molecule has 0 N–H and O–H groups in total. The Morgan fingerprint density at radius 1 is 1.00 bits per heavy atom. The zero-order valence-electron chi connectivity index (χ0n) is 10.5. The van der Waals surface area contributed by atoms with E-state index in [0.717, 1.165) is 24.4 Å². The highest BCUT2D eigenvalue weighted by atomic mass is 19.4. The zero-order valence-corrected chi connectivity index (χ0v) is 10.5. The van der Waals surface area contributed by atoms with Crippen LogP contribution in [0, 0.1) is 0 Å². The van der Waals surface area contributed by atoms with Gasteiger partial charge in [-0.15, -0.1) is 0 Å². The molecule has 124 valence electrons. The fourth-order valence-corrected chi connectivity index (χ4v) is 1.19. The van der Waals surface area contributed by atoms with Crippen molar-refractivity contribution in [1.29, 1.82) is 0 Å². The van der Waals surface area contributed by atoms with Gasteiger partial charge in [0.2, 0.25) is 6.61 Å². The van der Waals surface area contributed by atoms with Crippen molar-refractivity contribution in [3.8, 4) is 11.5 Å². The van der Waals surface area contributed by atoms with Crippen LogP contribution in [0.15, 0.2) is 23.4 Å². The lowest BCUT2D eigenvalue weighted by molar-refractivity contribution is -0.173. The first kappa shape index (κ1) is 17.9. The van der Waals surface area contributed by atoms with Crippen LogP contribution in [-0.2, 0) is 4.84 Å². The third kappa shape index (κ3) is 6.99. The van der Waals surface area contributed by atoms with Crippen molar-refractivity contribution in [2.24, 2.45) is 5.16 Å². The Balaban J connectivity index is 2.82. The van der Waals surface area contributed by atoms with Gasteiger partial charge in [0, 0.05) is 5.56 Å². The Morgan fingerprint density at radius 2 is 1.59 bits per heavy atom. The van der Waals surface area contributed by atoms with Crippen LogP contribution >= 0.6 is 0 Å². The van der Waals surface area contributed by atoms with E-state index in [1.165, 1.54) is 0 Å². The largest absolute Gasteiger partial charge is 0.431 e. The summed E-state index contributed by atoms with van der Waals surface area (Å²) in [6.07, 6.45) is -3.83. The predicted molar refractivity (Wildman–Crippen MR) is 59.3 cm³/mol. The second-order valence-electron chi connectivity index (χ2n) is 3.59. The summed E-state index contributed by atoms with van der Waals surface area (Å²) in [5.41, 5.74) is -0.0283. The zero-order chi connectivity index (χ0) is 16.8. The number of rotatable bonds is 7. The number of oxime groups is 1. The molecule has 0 bridgehead atoms. The van der Waals surface area contributed by atoms with Crippen LogP contribution in [0.2, 0.25) is 0 Å². The van der Waals surface area contributed by atoms with Crippen LogP contribution in [0.1, 0.15) is 5.56 Å². The Bertz CT molecular complexity index is 505. The first-order valence-corrected chi connectivity index (χ1v) is 5.43. The Kier molecular flexibility index (Phi) is 6.25. The molecular formula is C11H8F7NO3. The monoisotopic (exact) mass is 335 g/mol. The minimum absolute atomic E-state index is 0.0283. The van der Waals surface area contributed by atoms with Crippen LogP contribution in [-0.4, -0.2) is 32.2 Å². The number of nitrogens with zero attached hydrogens (tertiary/aromatic N) is 1. The number of hydrogen-bond donors (Lipinski definition) is 0. The normalized spacial score (nSPS) is 12.2. The van der Waals surface area contributed by atoms with Gasteiger partial charge in [-0.1, -0.05) is 5.16 Å². The summed E-state index contributed by atoms with van der Waals surface area (Å²) in [5.74, 6) is -1.39. The summed E-state index contributed by atoms with van der Waals surface area (Å²) in [6.45, 7) is -8.22. The van der Waals surface area contributed by atoms with E-state index in [2.05, 4.69) is 19.5 Å². The maximum Gasteiger partial charge on any atom is 0.425 e. The van der Waals surface area contributed by atoms with E-state index in [1.54, 1.807) is 0 Å². The lowest BCUT2D eigenvalue weighted by atomic mass is 10.2. The molecule has 11 heteroatoms. The van der Waals surface area contributed by atoms with Crippen LogP contribution < -0.4 is 9.47 Å². The van der Waals surface area contributed by atoms with Crippen molar-refractivity contribution < 1.29 is 45.0 Å². The van der Waals surface area contributed by atoms with Gasteiger partial charge >= 0.3 is 19.4 Å². The molecule has 1 rings (SSSR count). The number of halogens is 7. The van der Waals surface area contributed by atoms with E-state index >= 15 is 0 Å². The second-order valence-corrected chi connectivity index (χ2v) is 3.59. The SMILES string of the molecule is FC(F)Oc1ccc(/C=N/OCC(F)(F)F)cc1OC(F)F. The van der Waals surface area contributed by atoms with Gasteiger partial charge in [-0.05, 0) is 18.2 Å². The summed E-state index contributed by atoms with van der Waals surface area (Å²) in [6, 6.07) is 2.77. The molecule has 0 aromatic heterocycles. The van der Waals surface area contributed by atoms with Gasteiger partial charge in [0.15, 0.2) is 11.5 Å². The third-order valence-electron chi connectivity index (χ3n) is 1.90. The van der Waals surface area contributed by atoms with Crippen LogP contribution in [0.4, 0.5) is 30.7 Å². The average Bonchev–Trinajstić information content (AvgIpc) is 2.35. The quantitative estimate of drug-likeness (QED) is 0.432. The summed E-state index contributed by atoms with van der Waals surface area (Å²) in [5, 5.41) is 2.96. The van der Waals surface area contributed by atoms with Crippen LogP contribution in [0.5, 0.6) is 11.5 Å². The van der Waals surface area contributed by atoms with Gasteiger partial charge < -0.3 is 14.3 Å². The predicted octanol–water partition coefficient (Wildman–Crippen LogP) is 3.80. The molecule has 0 atom stereocenters. The fourth-order valence-electron chi connectivity index (χ4n) is 1.19. The minimum atomic E-state index is -4.59. The van der Waals surface area contributed by atoms with E-state index in [-0.39, 0.29) is 5.56 Å². The summed E-state index contributed by atoms with van der Waals surface area (Å²) < 4.78 is 91.7. The van der Waals surface area contributed by atoms with Crippen molar-refractivity contribution >= 4 is 6.21 Å². The fraction of sp³-hybridized carbons (Fsp3) is 0.364. The first-order chi connectivity index (χ1) is 10.2. The van der Waals surface area contributed by atoms with Crippen LogP contribution in [0.3, 0.4) is 0 Å². The van der Waals surface area contributed by atoms with E-state index in [9.17, 15) is 30.7 Å². The number of benzene rings is 1. The van der Waals surface area contributed by atoms with Gasteiger partial charge in [-0.3, -0.25) is 0 Å². The maximum atomic E-state index is 12.2. The van der Waals surface area contributed by atoms with E-state index in [1.807, 2.05) is 0 Å². The second kappa shape index (κ2) is 7.71. The molecular weight excluding hydrogens is 327 g/mol. The third-order valence-corrected chi connectivity index (χ3v) is 1.90. The summed E-state index contributed by atoms with van der Waals surface area (Å²) in [4.78, 5) is 3.92. The Labute approximate surface area is 119 Å². The molecule has 0 heterocycles. The van der Waals surface area contributed by atoms with Crippen molar-refractivity contribution in [2.45, 2.75) is 19.4 Å². The Morgan fingerprint density at radius 3 is 2.14 bits per heavy atom. The molecule has 4 nitrogen and oxygen atoms in total. The molecule has 0 aliphatic heterocycles. The standard InChI is InChI=1S/C11H8F7NO3/c12-9(13)21-7-2-1-6(3-8(7)22-10(14)15)4-19-20-5-11(16,17)18/h1-4,9-10H,5H2/b19-4+. The number of ether oxygens (including phenoxy) is 2. The first-order valence-electron chi connectivity index (χ1n) is 5.43. The molecule has 1 aromatic rings. The summed E-state index contributed by atoms with van der Waals surface area (Å²) >= 11 is 0. The molecule has 1 aromatic carbocycles. The topological polar surface area (TPSA) is 40.0 Å². The van der Waals surface area contributed by atoms with Gasteiger partial charge in [-0.2, -0.15) is 30.7 Å². The smallest absolute Gasteiger partial charge is 0.425 e. The van der Waals surface area contributed by atoms with Gasteiger partial charge in [0.05, 0.1) is 6.21 Å². The van der Waals surface area contributed by atoms with Crippen molar-refractivity contribution in [2.75, 3.05) is 6.61 Å². The maximum absolute atomic E-state index is 12.2. The van der Waals surface area contributed by atoms with Gasteiger partial charge in [0.1, 0.15) is 0 Å².